The standard InChI is InChI=1S/C33H21N9O21S4/c43-29-24-13(9-22(66(58,59)60)25(29)37-34-14-2-8-20(42(50)51)18(11-14)32(46)47)10-23(67(61,62)63)26(30(24)44)38-36-19-7-1-15(12-21(19)65(55,56)57)35-39-27-28(33(48)49)40-41(31(27)45)16-3-5-17(6-4-16)64(52,53)54/h1-12,40,43-44H,(H,46,47)(H,48,49)(H,52,53,54)(H,55,56,57)(H,58,59,60)(H,61,62,63). The second-order valence-electron chi connectivity index (χ2n) is 12.9. The lowest BCUT2D eigenvalue weighted by molar-refractivity contribution is -0.385. The van der Waals surface area contributed by atoms with Crippen molar-refractivity contribution in [2.45, 2.75) is 19.6 Å². The van der Waals surface area contributed by atoms with Crippen LogP contribution in [0.3, 0.4) is 0 Å². The van der Waals surface area contributed by atoms with Crippen molar-refractivity contribution in [1.29, 1.82) is 0 Å². The Morgan fingerprint density at radius 2 is 1.09 bits per heavy atom. The number of hydrogen-bond acceptors (Lipinski definition) is 21. The number of rotatable bonds is 14. The molecule has 6 aromatic rings. The molecule has 67 heavy (non-hydrogen) atoms. The number of carboxylic acid groups (broad SMARTS) is 2. The van der Waals surface area contributed by atoms with E-state index in [0.717, 1.165) is 42.5 Å². The summed E-state index contributed by atoms with van der Waals surface area (Å²) in [4.78, 5) is 42.4. The van der Waals surface area contributed by atoms with Gasteiger partial charge in [-0.15, -0.1) is 20.5 Å². The summed E-state index contributed by atoms with van der Waals surface area (Å²) in [5, 5.41) is 74.4. The van der Waals surface area contributed by atoms with E-state index in [1.165, 1.54) is 0 Å². The van der Waals surface area contributed by atoms with E-state index in [0.29, 0.717) is 35.0 Å². The number of fused-ring (bicyclic) bond motifs is 1. The molecule has 0 saturated heterocycles. The van der Waals surface area contributed by atoms with Crippen molar-refractivity contribution < 1.29 is 86.8 Å². The molecular weight excluding hydrogens is 987 g/mol. The number of phenols is 2. The highest BCUT2D eigenvalue weighted by Crippen LogP contribution is 2.50. The first-order chi connectivity index (χ1) is 31.0. The summed E-state index contributed by atoms with van der Waals surface area (Å²) in [6, 6.07) is 8.87. The maximum Gasteiger partial charge on any atom is 0.356 e. The molecule has 9 N–H and O–H groups in total. The molecule has 0 saturated carbocycles. The molecule has 0 aliphatic carbocycles. The lowest BCUT2D eigenvalue weighted by atomic mass is 10.1. The maximum absolute atomic E-state index is 13.2. The number of aromatic amines is 1. The van der Waals surface area contributed by atoms with Gasteiger partial charge in [-0.05, 0) is 72.1 Å². The van der Waals surface area contributed by atoms with Gasteiger partial charge in [0.05, 0.1) is 32.3 Å². The number of nitrogens with one attached hydrogen (secondary N) is 1. The van der Waals surface area contributed by atoms with Gasteiger partial charge in [-0.1, -0.05) is 0 Å². The Kier molecular flexibility index (Phi) is 12.4. The molecule has 0 atom stereocenters. The third-order valence-corrected chi connectivity index (χ3v) is 12.2. The SMILES string of the molecule is O=C(O)c1cc(N=Nc2c(S(=O)(=O)O)cc3cc(S(=O)(=O)O)c(N=Nc4ccc(N=Nc5c(C(=O)O)[nH]n(-c6ccc(S(=O)(=O)O)cc6)c5=O)cc4S(=O)(=O)O)c(O)c3c2O)ccc1[N+](=O)[O-]. The van der Waals surface area contributed by atoms with Crippen LogP contribution in [0.25, 0.3) is 16.5 Å². The fourth-order valence-corrected chi connectivity index (χ4v) is 8.20. The van der Waals surface area contributed by atoms with Crippen LogP contribution in [-0.4, -0.2) is 99.0 Å². The fourth-order valence-electron chi connectivity index (χ4n) is 5.76. The number of aromatic nitrogens is 2. The number of aromatic hydroxyl groups is 2. The molecule has 34 heteroatoms. The number of carboxylic acids is 2. The van der Waals surface area contributed by atoms with Crippen molar-refractivity contribution in [3.05, 3.63) is 105 Å². The van der Waals surface area contributed by atoms with E-state index < -0.39 is 156 Å². The van der Waals surface area contributed by atoms with Gasteiger partial charge in [0, 0.05) is 6.07 Å². The Labute approximate surface area is 370 Å². The van der Waals surface area contributed by atoms with Crippen LogP contribution in [0, 0.1) is 10.1 Å². The van der Waals surface area contributed by atoms with E-state index in [9.17, 15) is 96.8 Å². The van der Waals surface area contributed by atoms with E-state index in [4.69, 9.17) is 0 Å². The molecule has 0 aliphatic heterocycles. The minimum atomic E-state index is -5.55. The number of benzene rings is 5. The third-order valence-electron chi connectivity index (χ3n) is 8.70. The predicted molar refractivity (Wildman–Crippen MR) is 219 cm³/mol. The minimum Gasteiger partial charge on any atom is -0.505 e. The van der Waals surface area contributed by atoms with Crippen molar-refractivity contribution in [3.63, 3.8) is 0 Å². The number of azo groups is 3. The van der Waals surface area contributed by atoms with Gasteiger partial charge in [0.25, 0.3) is 51.7 Å². The summed E-state index contributed by atoms with van der Waals surface area (Å²) in [5.41, 5.74) is -9.41. The smallest absolute Gasteiger partial charge is 0.356 e. The molecule has 30 nitrogen and oxygen atoms in total. The van der Waals surface area contributed by atoms with Crippen molar-refractivity contribution in [2.75, 3.05) is 0 Å². The van der Waals surface area contributed by atoms with Gasteiger partial charge in [0.2, 0.25) is 0 Å². The monoisotopic (exact) mass is 1010 g/mol. The van der Waals surface area contributed by atoms with E-state index >= 15 is 0 Å². The molecule has 0 spiro atoms. The van der Waals surface area contributed by atoms with Crippen LogP contribution in [0.15, 0.2) is 128 Å². The molecule has 0 unspecified atom stereocenters. The number of phenolic OH excluding ortho intramolecular Hbond substituents is 2. The summed E-state index contributed by atoms with van der Waals surface area (Å²) in [6.45, 7) is 0. The largest absolute Gasteiger partial charge is 0.505 e. The zero-order valence-electron chi connectivity index (χ0n) is 32.0. The number of nitro groups is 1. The summed E-state index contributed by atoms with van der Waals surface area (Å²) in [7, 11) is -21.1. The Morgan fingerprint density at radius 3 is 1.57 bits per heavy atom. The topological polar surface area (TPSA) is 488 Å². The highest BCUT2D eigenvalue weighted by Gasteiger charge is 2.30. The predicted octanol–water partition coefficient (Wildman–Crippen LogP) is 5.27. The van der Waals surface area contributed by atoms with Crippen LogP contribution in [0.4, 0.5) is 39.8 Å². The Bertz CT molecular complexity index is 3770. The molecule has 348 valence electrons. The van der Waals surface area contributed by atoms with Crippen LogP contribution in [0.2, 0.25) is 0 Å². The lowest BCUT2D eigenvalue weighted by Gasteiger charge is -2.13. The average Bonchev–Trinajstić information content (AvgIpc) is 3.56. The molecule has 0 bridgehead atoms. The second-order valence-corrected chi connectivity index (χ2v) is 18.5. The molecule has 0 radical (unpaired) electrons. The fraction of sp³-hybridized carbons (Fsp3) is 0. The van der Waals surface area contributed by atoms with Crippen molar-refractivity contribution in [1.82, 2.24) is 9.78 Å². The Hall–Kier alpha value is -8.25. The van der Waals surface area contributed by atoms with Crippen LogP contribution < -0.4 is 5.56 Å². The van der Waals surface area contributed by atoms with E-state index in [1.54, 1.807) is 0 Å². The quantitative estimate of drug-likeness (QED) is 0.0290. The highest BCUT2D eigenvalue weighted by atomic mass is 32.2. The van der Waals surface area contributed by atoms with Gasteiger partial charge in [-0.2, -0.15) is 43.9 Å². The number of H-pyrrole nitrogens is 1. The molecule has 0 aliphatic rings. The van der Waals surface area contributed by atoms with E-state index in [2.05, 4.69) is 35.8 Å². The molecule has 5 aromatic carbocycles. The number of nitrogens with zero attached hydrogens (tertiary/aromatic N) is 8. The van der Waals surface area contributed by atoms with Gasteiger partial charge in [0.15, 0.2) is 22.9 Å². The normalized spacial score (nSPS) is 12.7. The van der Waals surface area contributed by atoms with Gasteiger partial charge in [-0.3, -0.25) is 38.2 Å². The summed E-state index contributed by atoms with van der Waals surface area (Å²) in [5.74, 6) is -6.45. The third kappa shape index (κ3) is 9.89. The summed E-state index contributed by atoms with van der Waals surface area (Å²) in [6.07, 6.45) is 0. The van der Waals surface area contributed by atoms with Gasteiger partial charge in [-0.25, -0.2) is 14.3 Å². The first kappa shape index (κ1) is 48.2. The van der Waals surface area contributed by atoms with Crippen molar-refractivity contribution in [2.24, 2.45) is 30.7 Å². The molecule has 0 amide bonds. The Balaban J connectivity index is 1.46. The van der Waals surface area contributed by atoms with Crippen molar-refractivity contribution >= 4 is 103 Å². The number of hydrogen-bond donors (Lipinski definition) is 9. The number of aromatic carboxylic acids is 2. The van der Waals surface area contributed by atoms with Gasteiger partial charge >= 0.3 is 11.9 Å². The molecule has 1 aromatic heterocycles. The first-order valence-electron chi connectivity index (χ1n) is 17.0. The van der Waals surface area contributed by atoms with E-state index in [-0.39, 0.29) is 5.69 Å². The van der Waals surface area contributed by atoms with Crippen LogP contribution in [0.1, 0.15) is 20.8 Å². The lowest BCUT2D eigenvalue weighted by Crippen LogP contribution is -2.14. The molecule has 1 heterocycles. The van der Waals surface area contributed by atoms with E-state index in [1.807, 2.05) is 0 Å². The number of nitro benzene ring substituents is 1. The van der Waals surface area contributed by atoms with Crippen molar-refractivity contribution in [3.8, 4) is 17.2 Å². The number of carbonyl (C=O) groups is 2. The molecule has 6 rings (SSSR count). The highest BCUT2D eigenvalue weighted by molar-refractivity contribution is 7.86. The summed E-state index contributed by atoms with van der Waals surface area (Å²) >= 11 is 0. The second kappa shape index (κ2) is 17.3. The zero-order chi connectivity index (χ0) is 49.7. The van der Waals surface area contributed by atoms with Gasteiger partial charge < -0.3 is 20.4 Å². The summed E-state index contributed by atoms with van der Waals surface area (Å²) < 4.78 is 137. The Morgan fingerprint density at radius 1 is 0.597 bits per heavy atom. The molecular formula is C33H21N9O21S4. The van der Waals surface area contributed by atoms with Crippen LogP contribution in [-0.2, 0) is 40.5 Å². The first-order valence-corrected chi connectivity index (χ1v) is 22.8. The maximum atomic E-state index is 13.2. The minimum absolute atomic E-state index is 0.152. The van der Waals surface area contributed by atoms with Crippen LogP contribution in [0.5, 0.6) is 11.5 Å². The van der Waals surface area contributed by atoms with Crippen LogP contribution >= 0.6 is 0 Å². The average molecular weight is 1010 g/mol. The zero-order valence-corrected chi connectivity index (χ0v) is 35.3. The molecule has 0 fully saturated rings. The van der Waals surface area contributed by atoms with Gasteiger partial charge in [0.1, 0.15) is 37.3 Å².